The molecule has 3 rings (SSSR count). The minimum atomic E-state index is -0.699. The predicted molar refractivity (Wildman–Crippen MR) is 92.4 cm³/mol. The zero-order valence-electron chi connectivity index (χ0n) is 14.7. The Labute approximate surface area is 147 Å². The molecular weight excluding hydrogens is 321 g/mol. The Hall–Kier alpha value is -2.21. The van der Waals surface area contributed by atoms with Crippen LogP contribution in [0.25, 0.3) is 0 Å². The van der Waals surface area contributed by atoms with E-state index in [1.807, 2.05) is 22.7 Å². The van der Waals surface area contributed by atoms with E-state index < -0.39 is 12.0 Å². The zero-order valence-corrected chi connectivity index (χ0v) is 14.7. The van der Waals surface area contributed by atoms with E-state index in [2.05, 4.69) is 4.98 Å². The van der Waals surface area contributed by atoms with Crippen LogP contribution in [0.5, 0.6) is 0 Å². The van der Waals surface area contributed by atoms with E-state index >= 15 is 0 Å². The van der Waals surface area contributed by atoms with Crippen molar-refractivity contribution in [3.63, 3.8) is 0 Å². The first-order chi connectivity index (χ1) is 12.1. The predicted octanol–water partition coefficient (Wildman–Crippen LogP) is 2.73. The fourth-order valence-corrected chi connectivity index (χ4v) is 3.63. The van der Waals surface area contributed by atoms with E-state index in [-0.39, 0.29) is 5.82 Å². The lowest BCUT2D eigenvalue weighted by Crippen LogP contribution is -2.42. The van der Waals surface area contributed by atoms with E-state index in [1.54, 1.807) is 24.4 Å². The van der Waals surface area contributed by atoms with Crippen LogP contribution >= 0.6 is 0 Å². The molecule has 2 atom stereocenters. The van der Waals surface area contributed by atoms with Crippen molar-refractivity contribution in [2.75, 3.05) is 20.2 Å². The molecule has 0 spiro atoms. The Morgan fingerprint density at radius 3 is 2.92 bits per heavy atom. The summed E-state index contributed by atoms with van der Waals surface area (Å²) in [6.45, 7) is 1.48. The molecule has 134 valence electrons. The largest absolute Gasteiger partial charge is 0.468 e. The summed E-state index contributed by atoms with van der Waals surface area (Å²) in [5, 5.41) is 0. The van der Waals surface area contributed by atoms with Crippen molar-refractivity contribution in [2.24, 2.45) is 13.0 Å². The molecule has 1 aromatic heterocycles. The van der Waals surface area contributed by atoms with Crippen LogP contribution in [-0.2, 0) is 23.0 Å². The van der Waals surface area contributed by atoms with Crippen molar-refractivity contribution in [3.8, 4) is 0 Å². The highest BCUT2D eigenvalue weighted by atomic mass is 19.1. The number of methoxy groups -OCH3 is 1. The molecule has 0 amide bonds. The van der Waals surface area contributed by atoms with Crippen molar-refractivity contribution >= 4 is 5.97 Å². The molecule has 1 saturated heterocycles. The number of halogens is 1. The lowest BCUT2D eigenvalue weighted by molar-refractivity contribution is -0.148. The molecule has 1 fully saturated rings. The van der Waals surface area contributed by atoms with Gasteiger partial charge in [0, 0.05) is 38.0 Å². The maximum atomic E-state index is 14.3. The van der Waals surface area contributed by atoms with Crippen LogP contribution in [0, 0.1) is 11.7 Å². The molecular formula is C19H24FN3O2. The minimum absolute atomic E-state index is 0.371. The van der Waals surface area contributed by atoms with Crippen LogP contribution in [0.1, 0.15) is 30.3 Å². The Kier molecular flexibility index (Phi) is 5.48. The summed E-state index contributed by atoms with van der Waals surface area (Å²) >= 11 is 0. The number of rotatable bonds is 5. The molecule has 1 aliphatic rings. The number of esters is 1. The third-order valence-corrected chi connectivity index (χ3v) is 4.93. The average Bonchev–Trinajstić information content (AvgIpc) is 3.02. The summed E-state index contributed by atoms with van der Waals surface area (Å²) in [5.41, 5.74) is 0.381. The van der Waals surface area contributed by atoms with Crippen LogP contribution in [-0.4, -0.2) is 40.6 Å². The van der Waals surface area contributed by atoms with Crippen molar-refractivity contribution < 1.29 is 13.9 Å². The highest BCUT2D eigenvalue weighted by molar-refractivity contribution is 5.77. The lowest BCUT2D eigenvalue weighted by Gasteiger charge is -2.37. The van der Waals surface area contributed by atoms with Crippen LogP contribution in [0.15, 0.2) is 36.7 Å². The van der Waals surface area contributed by atoms with Gasteiger partial charge >= 0.3 is 5.97 Å². The second-order valence-electron chi connectivity index (χ2n) is 6.61. The Morgan fingerprint density at radius 1 is 1.44 bits per heavy atom. The summed E-state index contributed by atoms with van der Waals surface area (Å²) in [4.78, 5) is 18.8. The molecule has 25 heavy (non-hydrogen) atoms. The molecule has 2 heterocycles. The highest BCUT2D eigenvalue weighted by Crippen LogP contribution is 2.30. The number of aromatic nitrogens is 2. The van der Waals surface area contributed by atoms with Gasteiger partial charge in [-0.3, -0.25) is 4.90 Å². The first kappa shape index (κ1) is 17.6. The lowest BCUT2D eigenvalue weighted by atomic mass is 9.92. The topological polar surface area (TPSA) is 47.4 Å². The van der Waals surface area contributed by atoms with E-state index in [4.69, 9.17) is 4.74 Å². The maximum Gasteiger partial charge on any atom is 0.327 e. The maximum absolute atomic E-state index is 14.3. The highest BCUT2D eigenvalue weighted by Gasteiger charge is 2.34. The van der Waals surface area contributed by atoms with Crippen LogP contribution in [0.3, 0.4) is 0 Å². The molecule has 0 bridgehead atoms. The number of nitrogens with zero attached hydrogens (tertiary/aromatic N) is 3. The van der Waals surface area contributed by atoms with Crippen LogP contribution in [0.2, 0.25) is 0 Å². The van der Waals surface area contributed by atoms with E-state index in [1.165, 1.54) is 13.2 Å². The Bertz CT molecular complexity index is 731. The van der Waals surface area contributed by atoms with Gasteiger partial charge in [-0.15, -0.1) is 0 Å². The third-order valence-electron chi connectivity index (χ3n) is 4.93. The number of piperidine rings is 1. The van der Waals surface area contributed by atoms with Gasteiger partial charge in [0.15, 0.2) is 0 Å². The van der Waals surface area contributed by atoms with Gasteiger partial charge in [-0.25, -0.2) is 14.2 Å². The standard InChI is InChI=1S/C19H24FN3O2/c1-22-11-9-21-17(22)12-14-6-5-10-23(13-14)18(19(24)25-2)15-7-3-4-8-16(15)20/h3-4,7-9,11,14,18H,5-6,10,12-13H2,1-2H3/t14-,18-/m0/s1. The molecule has 5 nitrogen and oxygen atoms in total. The molecule has 0 saturated carbocycles. The number of ether oxygens (including phenoxy) is 1. The van der Waals surface area contributed by atoms with Crippen molar-refractivity contribution in [1.82, 2.24) is 14.5 Å². The fraction of sp³-hybridized carbons (Fsp3) is 0.474. The van der Waals surface area contributed by atoms with Crippen LogP contribution < -0.4 is 0 Å². The first-order valence-electron chi connectivity index (χ1n) is 8.62. The van der Waals surface area contributed by atoms with Gasteiger partial charge in [0.1, 0.15) is 17.7 Å². The second-order valence-corrected chi connectivity index (χ2v) is 6.61. The molecule has 0 unspecified atom stereocenters. The summed E-state index contributed by atoms with van der Waals surface area (Å²) in [6.07, 6.45) is 6.63. The molecule has 1 aromatic carbocycles. The van der Waals surface area contributed by atoms with Gasteiger partial charge < -0.3 is 9.30 Å². The number of benzene rings is 1. The second kappa shape index (κ2) is 7.78. The monoisotopic (exact) mass is 345 g/mol. The van der Waals surface area contributed by atoms with Crippen LogP contribution in [0.4, 0.5) is 4.39 Å². The smallest absolute Gasteiger partial charge is 0.327 e. The zero-order chi connectivity index (χ0) is 17.8. The third kappa shape index (κ3) is 3.90. The Morgan fingerprint density at radius 2 is 2.24 bits per heavy atom. The summed E-state index contributed by atoms with van der Waals surface area (Å²) in [5.74, 6) is 0.632. The first-order valence-corrected chi connectivity index (χ1v) is 8.62. The number of carbonyl (C=O) groups excluding carboxylic acids is 1. The number of hydrogen-bond donors (Lipinski definition) is 0. The normalized spacial score (nSPS) is 19.6. The molecule has 1 aliphatic heterocycles. The van der Waals surface area contributed by atoms with Gasteiger partial charge in [-0.2, -0.15) is 0 Å². The van der Waals surface area contributed by atoms with Crippen molar-refractivity contribution in [2.45, 2.75) is 25.3 Å². The van der Waals surface area contributed by atoms with Gasteiger partial charge in [0.05, 0.1) is 7.11 Å². The van der Waals surface area contributed by atoms with E-state index in [0.717, 1.165) is 38.2 Å². The molecule has 0 aliphatic carbocycles. The molecule has 0 radical (unpaired) electrons. The average molecular weight is 345 g/mol. The fourth-order valence-electron chi connectivity index (χ4n) is 3.63. The molecule has 2 aromatic rings. The summed E-state index contributed by atoms with van der Waals surface area (Å²) in [6, 6.07) is 5.74. The Balaban J connectivity index is 1.80. The number of imidazole rings is 1. The summed E-state index contributed by atoms with van der Waals surface area (Å²) < 4.78 is 21.3. The van der Waals surface area contributed by atoms with Gasteiger partial charge in [-0.1, -0.05) is 18.2 Å². The summed E-state index contributed by atoms with van der Waals surface area (Å²) in [7, 11) is 3.34. The number of carbonyl (C=O) groups is 1. The minimum Gasteiger partial charge on any atom is -0.468 e. The number of hydrogen-bond acceptors (Lipinski definition) is 4. The van der Waals surface area contributed by atoms with E-state index in [9.17, 15) is 9.18 Å². The SMILES string of the molecule is COC(=O)[C@H](c1ccccc1F)N1CCC[C@@H](Cc2nccn2C)C1. The van der Waals surface area contributed by atoms with Gasteiger partial charge in [0.25, 0.3) is 0 Å². The molecule has 6 heteroatoms. The van der Waals surface area contributed by atoms with Gasteiger partial charge in [0.2, 0.25) is 0 Å². The quantitative estimate of drug-likeness (QED) is 0.782. The molecule has 0 N–H and O–H groups in total. The van der Waals surface area contributed by atoms with E-state index in [0.29, 0.717) is 11.5 Å². The van der Waals surface area contributed by atoms with Crippen molar-refractivity contribution in [3.05, 3.63) is 53.9 Å². The number of likely N-dealkylation sites (tertiary alicyclic amines) is 1. The van der Waals surface area contributed by atoms with Gasteiger partial charge in [-0.05, 0) is 31.4 Å². The van der Waals surface area contributed by atoms with Crippen molar-refractivity contribution in [1.29, 1.82) is 0 Å². The number of aryl methyl sites for hydroxylation is 1.